The third kappa shape index (κ3) is 10.4. The van der Waals surface area contributed by atoms with Gasteiger partial charge in [0, 0.05) is 0 Å². The highest BCUT2D eigenvalue weighted by Gasteiger charge is 2.26. The van der Waals surface area contributed by atoms with Crippen LogP contribution in [0.3, 0.4) is 0 Å². The molecule has 3 unspecified atom stereocenters. The van der Waals surface area contributed by atoms with Crippen molar-refractivity contribution in [3.8, 4) is 0 Å². The van der Waals surface area contributed by atoms with Crippen LogP contribution in [0.5, 0.6) is 0 Å². The van der Waals surface area contributed by atoms with Gasteiger partial charge >= 0.3 is 11.9 Å². The summed E-state index contributed by atoms with van der Waals surface area (Å²) in [7, 11) is 0. The Morgan fingerprint density at radius 1 is 1.04 bits per heavy atom. The Bertz CT molecular complexity index is 559. The molecule has 27 heavy (non-hydrogen) atoms. The molecule has 3 atom stereocenters. The van der Waals surface area contributed by atoms with Crippen molar-refractivity contribution in [2.75, 3.05) is 25.2 Å². The number of carboxylic acids is 2. The molecule has 0 bridgehead atoms. The number of rotatable bonds is 13. The molecule has 12 nitrogen and oxygen atoms in total. The molecule has 8 N–H and O–H groups in total. The van der Waals surface area contributed by atoms with E-state index in [1.165, 1.54) is 11.8 Å². The highest BCUT2D eigenvalue weighted by atomic mass is 32.2. The van der Waals surface area contributed by atoms with Crippen LogP contribution >= 0.6 is 11.8 Å². The molecule has 0 fully saturated rings. The van der Waals surface area contributed by atoms with E-state index in [0.717, 1.165) is 0 Å². The van der Waals surface area contributed by atoms with Gasteiger partial charge in [0.25, 0.3) is 0 Å². The third-order valence-corrected chi connectivity index (χ3v) is 3.86. The second kappa shape index (κ2) is 12.9. The summed E-state index contributed by atoms with van der Waals surface area (Å²) in [6.07, 6.45) is 1.42. The molecule has 3 amide bonds. The molecule has 13 heteroatoms. The van der Waals surface area contributed by atoms with Crippen LogP contribution in [0.15, 0.2) is 0 Å². The van der Waals surface area contributed by atoms with E-state index in [0.29, 0.717) is 12.2 Å². The normalized spacial score (nSPS) is 13.7. The van der Waals surface area contributed by atoms with Crippen molar-refractivity contribution >= 4 is 41.4 Å². The predicted molar refractivity (Wildman–Crippen MR) is 94.8 cm³/mol. The molecule has 0 saturated heterocycles. The number of thioether (sulfide) groups is 1. The second-order valence-corrected chi connectivity index (χ2v) is 6.39. The number of aliphatic hydroxyl groups excluding tert-OH is 1. The van der Waals surface area contributed by atoms with Crippen LogP contribution in [0.1, 0.15) is 12.8 Å². The van der Waals surface area contributed by atoms with Crippen LogP contribution in [-0.4, -0.2) is 88.3 Å². The molecule has 0 heterocycles. The summed E-state index contributed by atoms with van der Waals surface area (Å²) in [5, 5.41) is 32.7. The first-order valence-electron chi connectivity index (χ1n) is 7.79. The number of aliphatic hydroxyl groups is 1. The van der Waals surface area contributed by atoms with E-state index in [4.69, 9.17) is 21.1 Å². The lowest BCUT2D eigenvalue weighted by molar-refractivity contribution is -0.143. The molecule has 0 aliphatic heterocycles. The van der Waals surface area contributed by atoms with Gasteiger partial charge in [-0.25, -0.2) is 4.79 Å². The molecular formula is C14H24N4O8S. The second-order valence-electron chi connectivity index (χ2n) is 5.41. The van der Waals surface area contributed by atoms with E-state index < -0.39 is 67.4 Å². The van der Waals surface area contributed by atoms with Gasteiger partial charge in [-0.1, -0.05) is 0 Å². The van der Waals surface area contributed by atoms with Gasteiger partial charge in [0.15, 0.2) is 0 Å². The quantitative estimate of drug-likeness (QED) is 0.161. The van der Waals surface area contributed by atoms with Gasteiger partial charge in [0.2, 0.25) is 17.7 Å². The number of hydrogen-bond donors (Lipinski definition) is 7. The third-order valence-electron chi connectivity index (χ3n) is 3.22. The van der Waals surface area contributed by atoms with Crippen molar-refractivity contribution in [2.24, 2.45) is 5.73 Å². The van der Waals surface area contributed by atoms with Gasteiger partial charge in [-0.05, 0) is 18.4 Å². The Morgan fingerprint density at radius 3 is 2.15 bits per heavy atom. The molecule has 0 aliphatic carbocycles. The monoisotopic (exact) mass is 408 g/mol. The van der Waals surface area contributed by atoms with Crippen molar-refractivity contribution in [1.29, 1.82) is 0 Å². The van der Waals surface area contributed by atoms with Gasteiger partial charge in [-0.2, -0.15) is 11.8 Å². The number of carboxylic acid groups (broad SMARTS) is 2. The zero-order valence-electron chi connectivity index (χ0n) is 14.6. The minimum atomic E-state index is -1.54. The lowest BCUT2D eigenvalue weighted by atomic mass is 10.1. The van der Waals surface area contributed by atoms with E-state index >= 15 is 0 Å². The SMILES string of the molecule is CSCCC(N)C(=O)NC(CC(=O)O)C(=O)NCC(=O)NC(CO)C(=O)O. The van der Waals surface area contributed by atoms with Crippen LogP contribution in [0.25, 0.3) is 0 Å². The summed E-state index contributed by atoms with van der Waals surface area (Å²) < 4.78 is 0. The fourth-order valence-corrected chi connectivity index (χ4v) is 2.25. The van der Waals surface area contributed by atoms with Gasteiger partial charge < -0.3 is 37.0 Å². The number of aliphatic carboxylic acids is 2. The first-order chi connectivity index (χ1) is 12.6. The molecule has 0 rings (SSSR count). The van der Waals surface area contributed by atoms with Gasteiger partial charge in [0.1, 0.15) is 12.1 Å². The van der Waals surface area contributed by atoms with Crippen molar-refractivity contribution < 1.29 is 39.3 Å². The fraction of sp³-hybridized carbons (Fsp3) is 0.643. The van der Waals surface area contributed by atoms with E-state index in [-0.39, 0.29) is 0 Å². The maximum atomic E-state index is 12.1. The van der Waals surface area contributed by atoms with Crippen molar-refractivity contribution in [3.05, 3.63) is 0 Å². The molecule has 0 radical (unpaired) electrons. The lowest BCUT2D eigenvalue weighted by Crippen LogP contribution is -2.54. The average molecular weight is 408 g/mol. The number of nitrogens with two attached hydrogens (primary N) is 1. The van der Waals surface area contributed by atoms with Crippen LogP contribution < -0.4 is 21.7 Å². The number of amides is 3. The smallest absolute Gasteiger partial charge is 0.328 e. The van der Waals surface area contributed by atoms with Crippen molar-refractivity contribution in [3.63, 3.8) is 0 Å². The van der Waals surface area contributed by atoms with E-state index in [1.54, 1.807) is 0 Å². The highest BCUT2D eigenvalue weighted by molar-refractivity contribution is 7.98. The Balaban J connectivity index is 4.73. The zero-order chi connectivity index (χ0) is 21.0. The average Bonchev–Trinajstić information content (AvgIpc) is 2.60. The topological polar surface area (TPSA) is 208 Å². The number of carbonyl (C=O) groups excluding carboxylic acids is 3. The van der Waals surface area contributed by atoms with E-state index in [9.17, 15) is 24.0 Å². The molecule has 154 valence electrons. The summed E-state index contributed by atoms with van der Waals surface area (Å²) in [5.74, 6) is -4.80. The number of hydrogen-bond acceptors (Lipinski definition) is 8. The van der Waals surface area contributed by atoms with Gasteiger partial charge in [-0.15, -0.1) is 0 Å². The molecular weight excluding hydrogens is 384 g/mol. The Hall–Kier alpha value is -2.38. The molecule has 0 aromatic rings. The first kappa shape index (κ1) is 24.6. The Morgan fingerprint density at radius 2 is 1.67 bits per heavy atom. The van der Waals surface area contributed by atoms with Crippen LogP contribution in [0.2, 0.25) is 0 Å². The largest absolute Gasteiger partial charge is 0.481 e. The minimum Gasteiger partial charge on any atom is -0.481 e. The summed E-state index contributed by atoms with van der Waals surface area (Å²) in [6.45, 7) is -1.52. The van der Waals surface area contributed by atoms with E-state index in [1.807, 2.05) is 11.6 Å². The lowest BCUT2D eigenvalue weighted by Gasteiger charge is -2.19. The van der Waals surface area contributed by atoms with Crippen LogP contribution in [0, 0.1) is 0 Å². The van der Waals surface area contributed by atoms with Crippen molar-refractivity contribution in [2.45, 2.75) is 31.0 Å². The molecule has 0 spiro atoms. The molecule has 0 aromatic carbocycles. The summed E-state index contributed by atoms with van der Waals surface area (Å²) >= 11 is 1.47. The Kier molecular flexibility index (Phi) is 11.8. The number of nitrogens with one attached hydrogen (secondary N) is 3. The standard InChI is InChI=1S/C14H24N4O8S/c1-27-3-2-7(15)12(23)18-8(4-11(21)22)13(24)16-5-10(20)17-9(6-19)14(25)26/h7-9,19H,2-6,15H2,1H3,(H,16,24)(H,17,20)(H,18,23)(H,21,22)(H,25,26). The summed E-state index contributed by atoms with van der Waals surface area (Å²) in [4.78, 5) is 57.2. The maximum absolute atomic E-state index is 12.1. The first-order valence-corrected chi connectivity index (χ1v) is 9.19. The van der Waals surface area contributed by atoms with Crippen molar-refractivity contribution in [1.82, 2.24) is 16.0 Å². The maximum Gasteiger partial charge on any atom is 0.328 e. The molecule has 0 aliphatic rings. The van der Waals surface area contributed by atoms with Crippen LogP contribution in [-0.2, 0) is 24.0 Å². The predicted octanol–water partition coefficient (Wildman–Crippen LogP) is -3.30. The highest BCUT2D eigenvalue weighted by Crippen LogP contribution is 2.00. The Labute approximate surface area is 159 Å². The van der Waals surface area contributed by atoms with Gasteiger partial charge in [-0.3, -0.25) is 19.2 Å². The summed E-state index contributed by atoms with van der Waals surface area (Å²) in [5.41, 5.74) is 5.66. The fourth-order valence-electron chi connectivity index (χ4n) is 1.76. The zero-order valence-corrected chi connectivity index (χ0v) is 15.5. The summed E-state index contributed by atoms with van der Waals surface area (Å²) in [6, 6.07) is -3.93. The molecule has 0 aromatic heterocycles. The van der Waals surface area contributed by atoms with Crippen LogP contribution in [0.4, 0.5) is 0 Å². The minimum absolute atomic E-state index is 0.328. The number of carbonyl (C=O) groups is 5. The van der Waals surface area contributed by atoms with E-state index in [2.05, 4.69) is 10.6 Å². The van der Waals surface area contributed by atoms with Gasteiger partial charge in [0.05, 0.1) is 25.6 Å². The molecule has 0 saturated carbocycles.